The molecule has 1 atom stereocenters. The van der Waals surface area contributed by atoms with Crippen molar-refractivity contribution in [3.05, 3.63) is 90.6 Å². The van der Waals surface area contributed by atoms with Crippen molar-refractivity contribution in [1.82, 2.24) is 4.57 Å². The Morgan fingerprint density at radius 1 is 1.08 bits per heavy atom. The van der Waals surface area contributed by atoms with E-state index in [1.54, 1.807) is 36.1 Å². The lowest BCUT2D eigenvalue weighted by Crippen LogP contribution is -2.40. The third-order valence-corrected chi connectivity index (χ3v) is 7.51. The van der Waals surface area contributed by atoms with Gasteiger partial charge >= 0.3 is 11.9 Å². The van der Waals surface area contributed by atoms with Crippen molar-refractivity contribution in [1.29, 1.82) is 0 Å². The second kappa shape index (κ2) is 9.86. The van der Waals surface area contributed by atoms with Crippen LogP contribution in [0.5, 0.6) is 5.75 Å². The molecule has 194 valence electrons. The number of nitrogens with zero attached hydrogens (tertiary/aromatic N) is 3. The zero-order chi connectivity index (χ0) is 27.1. The first-order valence-electron chi connectivity index (χ1n) is 12.1. The zero-order valence-electron chi connectivity index (χ0n) is 21.3. The van der Waals surface area contributed by atoms with E-state index < -0.39 is 23.5 Å². The molecule has 2 aliphatic heterocycles. The minimum absolute atomic E-state index is 0.211. The largest absolute Gasteiger partial charge is 0.466 e. The number of carbonyl (C=O) groups excluding carboxylic acids is 3. The maximum absolute atomic E-state index is 14.1. The Bertz CT molecular complexity index is 1700. The van der Waals surface area contributed by atoms with Crippen molar-refractivity contribution in [2.45, 2.75) is 33.2 Å². The summed E-state index contributed by atoms with van der Waals surface area (Å²) < 4.78 is 11.9. The molecule has 5 rings (SSSR count). The molecule has 9 nitrogen and oxygen atoms in total. The molecule has 38 heavy (non-hydrogen) atoms. The average Bonchev–Trinajstić information content (AvgIpc) is 3.36. The SMILES string of the molecule is CCCN1C(=O)C(=c2sc3n(c2=O)[C@@H](c2ccc(OC(C)=O)cc2)C(C(=O)OC)=C(C)N=3)c2ccccc21. The summed E-state index contributed by atoms with van der Waals surface area (Å²) in [4.78, 5) is 58.5. The van der Waals surface area contributed by atoms with Crippen molar-refractivity contribution in [2.75, 3.05) is 18.6 Å². The molecule has 1 aromatic heterocycles. The Morgan fingerprint density at radius 2 is 1.79 bits per heavy atom. The third-order valence-electron chi connectivity index (χ3n) is 6.46. The number of fused-ring (bicyclic) bond motifs is 2. The highest BCUT2D eigenvalue weighted by Gasteiger charge is 2.37. The van der Waals surface area contributed by atoms with Gasteiger partial charge in [-0.15, -0.1) is 0 Å². The predicted molar refractivity (Wildman–Crippen MR) is 142 cm³/mol. The van der Waals surface area contributed by atoms with Crippen molar-refractivity contribution >= 4 is 40.4 Å². The lowest BCUT2D eigenvalue weighted by atomic mass is 9.96. The summed E-state index contributed by atoms with van der Waals surface area (Å²) in [5.41, 5.74) is 2.60. The van der Waals surface area contributed by atoms with Crippen LogP contribution in [0.2, 0.25) is 0 Å². The lowest BCUT2D eigenvalue weighted by Gasteiger charge is -2.24. The van der Waals surface area contributed by atoms with Gasteiger partial charge in [0.25, 0.3) is 11.5 Å². The minimum Gasteiger partial charge on any atom is -0.466 e. The highest BCUT2D eigenvalue weighted by atomic mass is 32.1. The Hall–Kier alpha value is -4.31. The third kappa shape index (κ3) is 4.06. The molecule has 0 bridgehead atoms. The molecule has 0 spiro atoms. The van der Waals surface area contributed by atoms with Crippen molar-refractivity contribution in [2.24, 2.45) is 4.99 Å². The molecule has 10 heteroatoms. The Kier molecular flexibility index (Phi) is 6.58. The molecule has 3 heterocycles. The fourth-order valence-corrected chi connectivity index (χ4v) is 6.02. The van der Waals surface area contributed by atoms with E-state index in [0.717, 1.165) is 23.4 Å². The van der Waals surface area contributed by atoms with Gasteiger partial charge in [0.15, 0.2) is 4.80 Å². The molecule has 0 saturated heterocycles. The normalized spacial score (nSPS) is 17.6. The molecule has 0 N–H and O–H groups in total. The minimum atomic E-state index is -0.849. The fourth-order valence-electron chi connectivity index (χ4n) is 4.89. The van der Waals surface area contributed by atoms with Crippen LogP contribution in [0, 0.1) is 0 Å². The number of benzene rings is 2. The van der Waals surface area contributed by atoms with Crippen LogP contribution in [0.15, 0.2) is 69.6 Å². The molecule has 2 aromatic carbocycles. The standard InChI is InChI=1S/C28H25N3O6S/c1-5-14-30-20-9-7-6-8-19(20)22(25(30)33)24-26(34)31-23(17-10-12-18(13-11-17)37-16(3)32)21(27(35)36-4)15(2)29-28(31)38-24/h6-13,23H,5,14H2,1-4H3/t23-/m0/s1. The fraction of sp³-hybridized carbons (Fsp3) is 0.250. The number of amides is 1. The highest BCUT2D eigenvalue weighted by Crippen LogP contribution is 2.36. The Morgan fingerprint density at radius 3 is 2.45 bits per heavy atom. The number of carbonyl (C=O) groups is 3. The van der Waals surface area contributed by atoms with Crippen LogP contribution < -0.4 is 24.5 Å². The van der Waals surface area contributed by atoms with Crippen LogP contribution in [0.1, 0.15) is 44.4 Å². The quantitative estimate of drug-likeness (QED) is 0.370. The van der Waals surface area contributed by atoms with E-state index >= 15 is 0 Å². The first-order chi connectivity index (χ1) is 18.3. The van der Waals surface area contributed by atoms with E-state index in [1.807, 2.05) is 31.2 Å². The molecule has 0 unspecified atom stereocenters. The number of allylic oxidation sites excluding steroid dienone is 1. The molecular formula is C28H25N3O6S. The number of esters is 2. The van der Waals surface area contributed by atoms with Gasteiger partial charge in [-0.05, 0) is 37.1 Å². The maximum Gasteiger partial charge on any atom is 0.338 e. The van der Waals surface area contributed by atoms with Gasteiger partial charge < -0.3 is 14.4 Å². The summed E-state index contributed by atoms with van der Waals surface area (Å²) in [5.74, 6) is -0.976. The van der Waals surface area contributed by atoms with Crippen LogP contribution in [-0.4, -0.2) is 36.1 Å². The number of hydrogen-bond acceptors (Lipinski definition) is 8. The summed E-state index contributed by atoms with van der Waals surface area (Å²) in [6.07, 6.45) is 0.764. The topological polar surface area (TPSA) is 107 Å². The Labute approximate surface area is 221 Å². The monoisotopic (exact) mass is 531 g/mol. The van der Waals surface area contributed by atoms with E-state index in [1.165, 1.54) is 18.6 Å². The number of anilines is 1. The number of ether oxygens (including phenoxy) is 2. The number of aromatic nitrogens is 1. The second-order valence-electron chi connectivity index (χ2n) is 8.91. The first kappa shape index (κ1) is 25.3. The number of methoxy groups -OCH3 is 1. The highest BCUT2D eigenvalue weighted by molar-refractivity contribution is 7.07. The van der Waals surface area contributed by atoms with E-state index in [4.69, 9.17) is 9.47 Å². The van der Waals surface area contributed by atoms with E-state index in [9.17, 15) is 19.2 Å². The average molecular weight is 532 g/mol. The summed E-state index contributed by atoms with van der Waals surface area (Å²) in [6.45, 7) is 5.51. The molecule has 0 radical (unpaired) electrons. The van der Waals surface area contributed by atoms with Crippen LogP contribution in [-0.2, 0) is 19.1 Å². The lowest BCUT2D eigenvalue weighted by molar-refractivity contribution is -0.136. The van der Waals surface area contributed by atoms with Crippen molar-refractivity contribution in [3.8, 4) is 5.75 Å². The van der Waals surface area contributed by atoms with Crippen LogP contribution >= 0.6 is 11.3 Å². The summed E-state index contributed by atoms with van der Waals surface area (Å²) in [7, 11) is 1.27. The van der Waals surface area contributed by atoms with E-state index in [2.05, 4.69) is 4.99 Å². The van der Waals surface area contributed by atoms with Gasteiger partial charge in [-0.3, -0.25) is 19.0 Å². The molecule has 1 amide bonds. The first-order valence-corrected chi connectivity index (χ1v) is 12.9. The van der Waals surface area contributed by atoms with Gasteiger partial charge in [0.05, 0.1) is 35.7 Å². The molecule has 0 fully saturated rings. The van der Waals surface area contributed by atoms with Gasteiger partial charge in [-0.25, -0.2) is 9.79 Å². The summed E-state index contributed by atoms with van der Waals surface area (Å²) in [5, 5.41) is 0. The van der Waals surface area contributed by atoms with E-state index in [-0.39, 0.29) is 16.0 Å². The summed E-state index contributed by atoms with van der Waals surface area (Å²) in [6, 6.07) is 13.1. The number of rotatable bonds is 5. The number of para-hydroxylation sites is 1. The van der Waals surface area contributed by atoms with Crippen molar-refractivity contribution in [3.63, 3.8) is 0 Å². The van der Waals surface area contributed by atoms with E-state index in [0.29, 0.717) is 39.5 Å². The molecule has 0 saturated carbocycles. The Balaban J connectivity index is 1.77. The molecule has 2 aliphatic rings. The predicted octanol–water partition coefficient (Wildman–Crippen LogP) is 2.46. The molecule has 3 aromatic rings. The smallest absolute Gasteiger partial charge is 0.338 e. The number of hydrogen-bond donors (Lipinski definition) is 0. The van der Waals surface area contributed by atoms with Gasteiger partial charge in [0.2, 0.25) is 0 Å². The zero-order valence-corrected chi connectivity index (χ0v) is 22.1. The molecule has 0 aliphatic carbocycles. The van der Waals surface area contributed by atoms with Gasteiger partial charge in [0.1, 0.15) is 10.3 Å². The maximum atomic E-state index is 14.1. The summed E-state index contributed by atoms with van der Waals surface area (Å²) >= 11 is 1.13. The van der Waals surface area contributed by atoms with Gasteiger partial charge in [0, 0.05) is 19.0 Å². The van der Waals surface area contributed by atoms with Gasteiger partial charge in [-0.2, -0.15) is 0 Å². The molecular weight excluding hydrogens is 506 g/mol. The number of thiazole rings is 1. The van der Waals surface area contributed by atoms with Crippen LogP contribution in [0.25, 0.3) is 5.57 Å². The van der Waals surface area contributed by atoms with Crippen LogP contribution in [0.3, 0.4) is 0 Å². The van der Waals surface area contributed by atoms with Crippen LogP contribution in [0.4, 0.5) is 5.69 Å². The van der Waals surface area contributed by atoms with Crippen molar-refractivity contribution < 1.29 is 23.9 Å². The second-order valence-corrected chi connectivity index (χ2v) is 9.88. The van der Waals surface area contributed by atoms with Gasteiger partial charge in [-0.1, -0.05) is 48.6 Å².